The molecule has 0 saturated heterocycles. The number of alkyl halides is 3. The largest absolute Gasteiger partial charge is 0.433 e. The molecule has 0 amide bonds. The third-order valence-corrected chi connectivity index (χ3v) is 2.83. The minimum absolute atomic E-state index is 0.160. The maximum absolute atomic E-state index is 12.7. The van der Waals surface area contributed by atoms with E-state index in [1.54, 1.807) is 24.7 Å². The third kappa shape index (κ3) is 2.76. The van der Waals surface area contributed by atoms with E-state index in [1.165, 1.54) is 23.0 Å². The molecule has 7 heteroatoms. The molecule has 0 bridgehead atoms. The molecular weight excluding hydrogens is 281 g/mol. The number of pyridine rings is 2. The maximum Gasteiger partial charge on any atom is 0.433 e. The van der Waals surface area contributed by atoms with Gasteiger partial charge in [-0.15, -0.1) is 0 Å². The van der Waals surface area contributed by atoms with Gasteiger partial charge in [-0.1, -0.05) is 6.07 Å². The SMILES string of the molecule is FC(F)(F)c1cccc(-n2cnc(-c3cccnc3)c2)n1. The van der Waals surface area contributed by atoms with Crippen LogP contribution in [0.5, 0.6) is 0 Å². The monoisotopic (exact) mass is 290 g/mol. The minimum atomic E-state index is -4.47. The van der Waals surface area contributed by atoms with Crippen LogP contribution in [0.3, 0.4) is 0 Å². The highest BCUT2D eigenvalue weighted by Crippen LogP contribution is 2.28. The molecule has 4 nitrogen and oxygen atoms in total. The van der Waals surface area contributed by atoms with E-state index in [9.17, 15) is 13.2 Å². The Morgan fingerprint density at radius 3 is 2.62 bits per heavy atom. The van der Waals surface area contributed by atoms with Crippen molar-refractivity contribution in [3.8, 4) is 17.1 Å². The average Bonchev–Trinajstić information content (AvgIpc) is 2.97. The summed E-state index contributed by atoms with van der Waals surface area (Å²) >= 11 is 0. The zero-order valence-corrected chi connectivity index (χ0v) is 10.6. The quantitative estimate of drug-likeness (QED) is 0.727. The Hall–Kier alpha value is -2.70. The van der Waals surface area contributed by atoms with Crippen LogP contribution in [-0.2, 0) is 6.18 Å². The van der Waals surface area contributed by atoms with Crippen LogP contribution < -0.4 is 0 Å². The molecule has 0 radical (unpaired) electrons. The normalized spacial score (nSPS) is 11.6. The Balaban J connectivity index is 1.97. The first-order chi connectivity index (χ1) is 10.0. The summed E-state index contributed by atoms with van der Waals surface area (Å²) in [7, 11) is 0. The molecule has 3 aromatic rings. The zero-order chi connectivity index (χ0) is 14.9. The van der Waals surface area contributed by atoms with E-state index >= 15 is 0 Å². The second-order valence-electron chi connectivity index (χ2n) is 4.29. The fourth-order valence-electron chi connectivity index (χ4n) is 1.84. The summed E-state index contributed by atoms with van der Waals surface area (Å²) in [5, 5.41) is 0. The van der Waals surface area contributed by atoms with Gasteiger partial charge in [0.15, 0.2) is 0 Å². The lowest BCUT2D eigenvalue weighted by Crippen LogP contribution is -2.09. The first-order valence-electron chi connectivity index (χ1n) is 6.03. The lowest BCUT2D eigenvalue weighted by atomic mass is 10.2. The molecule has 0 fully saturated rings. The summed E-state index contributed by atoms with van der Waals surface area (Å²) < 4.78 is 39.4. The number of hydrogen-bond acceptors (Lipinski definition) is 3. The molecule has 106 valence electrons. The van der Waals surface area contributed by atoms with Crippen LogP contribution in [0.1, 0.15) is 5.69 Å². The summed E-state index contributed by atoms with van der Waals surface area (Å²) in [6, 6.07) is 7.32. The number of halogens is 3. The Morgan fingerprint density at radius 2 is 1.90 bits per heavy atom. The van der Waals surface area contributed by atoms with Gasteiger partial charge in [0, 0.05) is 24.2 Å². The van der Waals surface area contributed by atoms with Crippen LogP contribution in [0.15, 0.2) is 55.2 Å². The van der Waals surface area contributed by atoms with E-state index in [2.05, 4.69) is 15.0 Å². The maximum atomic E-state index is 12.7. The first kappa shape index (κ1) is 13.3. The van der Waals surface area contributed by atoms with Gasteiger partial charge in [0.2, 0.25) is 0 Å². The molecule has 3 rings (SSSR count). The van der Waals surface area contributed by atoms with Gasteiger partial charge in [0.1, 0.15) is 17.8 Å². The van der Waals surface area contributed by atoms with Crippen molar-refractivity contribution in [2.24, 2.45) is 0 Å². The fourth-order valence-corrected chi connectivity index (χ4v) is 1.84. The predicted molar refractivity (Wildman–Crippen MR) is 69.6 cm³/mol. The predicted octanol–water partition coefficient (Wildman–Crippen LogP) is 3.35. The molecule has 0 aliphatic rings. The number of aromatic nitrogens is 4. The second kappa shape index (κ2) is 5.01. The standard InChI is InChI=1S/C14H9F3N4/c15-14(16,17)12-4-1-5-13(20-12)21-8-11(19-9-21)10-3-2-6-18-7-10/h1-9H. The molecule has 0 spiro atoms. The van der Waals surface area contributed by atoms with Gasteiger partial charge in [-0.25, -0.2) is 9.97 Å². The van der Waals surface area contributed by atoms with Crippen molar-refractivity contribution in [2.75, 3.05) is 0 Å². The number of imidazole rings is 1. The lowest BCUT2D eigenvalue weighted by Gasteiger charge is -2.07. The Bertz CT molecular complexity index is 750. The second-order valence-corrected chi connectivity index (χ2v) is 4.29. The minimum Gasteiger partial charge on any atom is -0.290 e. The highest BCUT2D eigenvalue weighted by atomic mass is 19.4. The number of nitrogens with zero attached hydrogens (tertiary/aromatic N) is 4. The van der Waals surface area contributed by atoms with Gasteiger partial charge in [-0.05, 0) is 24.3 Å². The van der Waals surface area contributed by atoms with Crippen molar-refractivity contribution in [2.45, 2.75) is 6.18 Å². The van der Waals surface area contributed by atoms with E-state index in [1.807, 2.05) is 6.07 Å². The van der Waals surface area contributed by atoms with Gasteiger partial charge >= 0.3 is 6.18 Å². The Labute approximate surface area is 117 Å². The van der Waals surface area contributed by atoms with Crippen LogP contribution in [0.2, 0.25) is 0 Å². The molecule has 0 aliphatic carbocycles. The molecule has 0 aliphatic heterocycles. The summed E-state index contributed by atoms with van der Waals surface area (Å²) in [5.41, 5.74) is 0.460. The number of rotatable bonds is 2. The average molecular weight is 290 g/mol. The molecule has 3 heterocycles. The molecule has 0 aromatic carbocycles. The number of hydrogen-bond donors (Lipinski definition) is 0. The van der Waals surface area contributed by atoms with E-state index in [4.69, 9.17) is 0 Å². The smallest absolute Gasteiger partial charge is 0.290 e. The molecule has 0 unspecified atom stereocenters. The lowest BCUT2D eigenvalue weighted by molar-refractivity contribution is -0.141. The van der Waals surface area contributed by atoms with E-state index in [0.717, 1.165) is 11.6 Å². The fraction of sp³-hybridized carbons (Fsp3) is 0.0714. The highest BCUT2D eigenvalue weighted by molar-refractivity contribution is 5.57. The van der Waals surface area contributed by atoms with Gasteiger partial charge in [-0.2, -0.15) is 13.2 Å². The van der Waals surface area contributed by atoms with Crippen LogP contribution in [-0.4, -0.2) is 19.5 Å². The molecule has 3 aromatic heterocycles. The molecule has 21 heavy (non-hydrogen) atoms. The van der Waals surface area contributed by atoms with E-state index < -0.39 is 11.9 Å². The van der Waals surface area contributed by atoms with Gasteiger partial charge in [-0.3, -0.25) is 9.55 Å². The van der Waals surface area contributed by atoms with Crippen molar-refractivity contribution in [1.82, 2.24) is 19.5 Å². The molecular formula is C14H9F3N4. The molecule has 0 atom stereocenters. The van der Waals surface area contributed by atoms with Crippen molar-refractivity contribution in [3.63, 3.8) is 0 Å². The third-order valence-electron chi connectivity index (χ3n) is 2.83. The Kier molecular flexibility index (Phi) is 3.17. The van der Waals surface area contributed by atoms with Gasteiger partial charge < -0.3 is 0 Å². The van der Waals surface area contributed by atoms with E-state index in [0.29, 0.717) is 5.69 Å². The summed E-state index contributed by atoms with van der Waals surface area (Å²) in [6.45, 7) is 0. The van der Waals surface area contributed by atoms with Gasteiger partial charge in [0.25, 0.3) is 0 Å². The van der Waals surface area contributed by atoms with Crippen LogP contribution in [0.25, 0.3) is 17.1 Å². The Morgan fingerprint density at radius 1 is 1.05 bits per heavy atom. The van der Waals surface area contributed by atoms with Crippen LogP contribution >= 0.6 is 0 Å². The zero-order valence-electron chi connectivity index (χ0n) is 10.6. The summed E-state index contributed by atoms with van der Waals surface area (Å²) in [5.74, 6) is 0.160. The summed E-state index contributed by atoms with van der Waals surface area (Å²) in [4.78, 5) is 11.7. The van der Waals surface area contributed by atoms with Crippen LogP contribution in [0.4, 0.5) is 13.2 Å². The highest BCUT2D eigenvalue weighted by Gasteiger charge is 2.32. The first-order valence-corrected chi connectivity index (χ1v) is 6.03. The van der Waals surface area contributed by atoms with Crippen molar-refractivity contribution in [1.29, 1.82) is 0 Å². The topological polar surface area (TPSA) is 43.6 Å². The van der Waals surface area contributed by atoms with E-state index in [-0.39, 0.29) is 5.82 Å². The molecule has 0 saturated carbocycles. The van der Waals surface area contributed by atoms with Crippen LogP contribution in [0, 0.1) is 0 Å². The van der Waals surface area contributed by atoms with Gasteiger partial charge in [0.05, 0.1) is 5.69 Å². The van der Waals surface area contributed by atoms with Crippen molar-refractivity contribution < 1.29 is 13.2 Å². The van der Waals surface area contributed by atoms with Crippen molar-refractivity contribution in [3.05, 3.63) is 60.9 Å². The summed E-state index contributed by atoms with van der Waals surface area (Å²) in [6.07, 6.45) is 1.83. The van der Waals surface area contributed by atoms with Crippen molar-refractivity contribution >= 4 is 0 Å². The molecule has 0 N–H and O–H groups in total.